The van der Waals surface area contributed by atoms with Gasteiger partial charge in [0.05, 0.1) is 16.3 Å². The Morgan fingerprint density at radius 3 is 2.77 bits per heavy atom. The molecule has 150 valence electrons. The second kappa shape index (κ2) is 8.57. The number of nitrogens with zero attached hydrogens (tertiary/aromatic N) is 5. The fourth-order valence-electron chi connectivity index (χ4n) is 3.10. The average molecular weight is 438 g/mol. The summed E-state index contributed by atoms with van der Waals surface area (Å²) in [6.45, 7) is 0.666. The Labute approximate surface area is 183 Å². The number of aromatic nitrogens is 4. The molecule has 0 radical (unpaired) electrons. The highest BCUT2D eigenvalue weighted by molar-refractivity contribution is 6.36. The van der Waals surface area contributed by atoms with Gasteiger partial charge in [0.2, 0.25) is 5.95 Å². The van der Waals surface area contributed by atoms with Crippen LogP contribution in [0.3, 0.4) is 0 Å². The summed E-state index contributed by atoms with van der Waals surface area (Å²) in [4.78, 5) is 13.4. The van der Waals surface area contributed by atoms with E-state index in [4.69, 9.17) is 39.2 Å². The normalized spacial score (nSPS) is 10.8. The Balaban J connectivity index is 1.50. The largest absolute Gasteiger partial charge is 0.383 e. The first-order chi connectivity index (χ1) is 14.5. The Morgan fingerprint density at radius 1 is 1.13 bits per heavy atom. The third-order valence-electron chi connectivity index (χ3n) is 4.59. The Morgan fingerprint density at radius 2 is 2.00 bits per heavy atom. The number of aryl methyl sites for hydroxylation is 1. The average Bonchev–Trinajstić information content (AvgIpc) is 3.20. The number of hydrogen-bond donors (Lipinski definition) is 2. The molecular weight excluding hydrogens is 421 g/mol. The molecule has 0 unspecified atom stereocenters. The van der Waals surface area contributed by atoms with Crippen LogP contribution in [-0.2, 0) is 6.42 Å². The molecule has 4 rings (SSSR count). The van der Waals surface area contributed by atoms with Gasteiger partial charge in [-0.1, -0.05) is 23.2 Å². The first-order valence-electron chi connectivity index (χ1n) is 9.24. The van der Waals surface area contributed by atoms with Gasteiger partial charge in [0.15, 0.2) is 0 Å². The molecule has 3 heterocycles. The zero-order valence-corrected chi connectivity index (χ0v) is 17.3. The lowest BCUT2D eigenvalue weighted by Gasteiger charge is -2.11. The molecule has 0 amide bonds. The SMILES string of the molecule is N#Cc1ccc(CCCNc2nc(-c3ccc(Cl)cc3Cl)cc3nccn23)nc1N. The molecule has 3 N–H and O–H groups in total. The van der Waals surface area contributed by atoms with Crippen LogP contribution in [0.2, 0.25) is 10.0 Å². The highest BCUT2D eigenvalue weighted by Crippen LogP contribution is 2.30. The van der Waals surface area contributed by atoms with E-state index in [1.54, 1.807) is 24.4 Å². The van der Waals surface area contributed by atoms with Gasteiger partial charge in [0, 0.05) is 41.3 Å². The summed E-state index contributed by atoms with van der Waals surface area (Å²) in [5.74, 6) is 0.926. The summed E-state index contributed by atoms with van der Waals surface area (Å²) < 4.78 is 1.88. The van der Waals surface area contributed by atoms with Gasteiger partial charge in [-0.05, 0) is 43.2 Å². The predicted octanol–water partition coefficient (Wildman–Crippen LogP) is 4.60. The van der Waals surface area contributed by atoms with Crippen molar-refractivity contribution in [1.82, 2.24) is 19.4 Å². The second-order valence-electron chi connectivity index (χ2n) is 6.62. The fraction of sp³-hybridized carbons (Fsp3) is 0.143. The number of nitrogen functional groups attached to an aromatic ring is 1. The third kappa shape index (κ3) is 4.15. The zero-order valence-electron chi connectivity index (χ0n) is 15.8. The molecule has 30 heavy (non-hydrogen) atoms. The van der Waals surface area contributed by atoms with E-state index in [1.165, 1.54) is 0 Å². The Bertz CT molecular complexity index is 1260. The standard InChI is InChI=1S/C21H17Cl2N7/c22-14-4-6-16(17(23)10-14)18-11-19-26-8-9-30(19)21(29-18)27-7-1-2-15-5-3-13(12-24)20(25)28-15/h3-6,8-11H,1-2,7H2,(H2,25,28)(H,27,29). The molecule has 0 aliphatic rings. The Hall–Kier alpha value is -3.34. The number of hydrogen-bond acceptors (Lipinski definition) is 6. The molecule has 0 aliphatic carbocycles. The molecule has 0 saturated heterocycles. The van der Waals surface area contributed by atoms with Crippen molar-refractivity contribution >= 4 is 40.6 Å². The molecular formula is C21H17Cl2N7. The van der Waals surface area contributed by atoms with Crippen LogP contribution in [0.5, 0.6) is 0 Å². The van der Waals surface area contributed by atoms with Crippen LogP contribution in [0.15, 0.2) is 48.8 Å². The van der Waals surface area contributed by atoms with Crippen LogP contribution in [0.1, 0.15) is 17.7 Å². The van der Waals surface area contributed by atoms with Crippen molar-refractivity contribution in [2.45, 2.75) is 12.8 Å². The van der Waals surface area contributed by atoms with E-state index < -0.39 is 0 Å². The number of anilines is 2. The zero-order chi connectivity index (χ0) is 21.1. The van der Waals surface area contributed by atoms with E-state index in [2.05, 4.69) is 15.3 Å². The van der Waals surface area contributed by atoms with Crippen LogP contribution in [0, 0.1) is 11.3 Å². The van der Waals surface area contributed by atoms with Gasteiger partial charge in [0.25, 0.3) is 0 Å². The summed E-state index contributed by atoms with van der Waals surface area (Å²) in [5, 5.41) is 13.4. The molecule has 7 nitrogen and oxygen atoms in total. The maximum atomic E-state index is 8.94. The molecule has 0 spiro atoms. The molecule has 4 aromatic rings. The van der Waals surface area contributed by atoms with Crippen molar-refractivity contribution in [3.8, 4) is 17.3 Å². The molecule has 3 aromatic heterocycles. The number of nitrogens with one attached hydrogen (secondary N) is 1. The quantitative estimate of drug-likeness (QED) is 0.427. The van der Waals surface area contributed by atoms with Crippen molar-refractivity contribution in [2.24, 2.45) is 0 Å². The molecule has 0 saturated carbocycles. The van der Waals surface area contributed by atoms with Crippen LogP contribution >= 0.6 is 23.2 Å². The van der Waals surface area contributed by atoms with E-state index in [0.29, 0.717) is 33.8 Å². The molecule has 0 fully saturated rings. The number of halogens is 2. The molecule has 0 aliphatic heterocycles. The summed E-state index contributed by atoms with van der Waals surface area (Å²) in [6.07, 6.45) is 5.10. The lowest BCUT2D eigenvalue weighted by Crippen LogP contribution is -2.10. The second-order valence-corrected chi connectivity index (χ2v) is 7.47. The van der Waals surface area contributed by atoms with E-state index in [0.717, 1.165) is 29.7 Å². The van der Waals surface area contributed by atoms with E-state index in [1.807, 2.05) is 34.9 Å². The monoisotopic (exact) mass is 437 g/mol. The third-order valence-corrected chi connectivity index (χ3v) is 5.14. The predicted molar refractivity (Wildman–Crippen MR) is 119 cm³/mol. The summed E-state index contributed by atoms with van der Waals surface area (Å²) in [5.41, 5.74) is 9.27. The molecule has 0 bridgehead atoms. The molecule has 1 aromatic carbocycles. The van der Waals surface area contributed by atoms with E-state index in [9.17, 15) is 0 Å². The smallest absolute Gasteiger partial charge is 0.209 e. The van der Waals surface area contributed by atoms with Crippen LogP contribution in [-0.4, -0.2) is 25.9 Å². The number of fused-ring (bicyclic) bond motifs is 1. The van der Waals surface area contributed by atoms with Crippen molar-refractivity contribution in [3.05, 3.63) is 70.1 Å². The number of rotatable bonds is 6. The fourth-order valence-corrected chi connectivity index (χ4v) is 3.61. The van der Waals surface area contributed by atoms with Gasteiger partial charge in [-0.3, -0.25) is 4.40 Å². The van der Waals surface area contributed by atoms with Crippen molar-refractivity contribution in [1.29, 1.82) is 5.26 Å². The first-order valence-corrected chi connectivity index (χ1v) is 9.99. The minimum atomic E-state index is 0.261. The maximum absolute atomic E-state index is 8.94. The number of imidazole rings is 1. The summed E-state index contributed by atoms with van der Waals surface area (Å²) in [6, 6.07) is 12.7. The van der Waals surface area contributed by atoms with Gasteiger partial charge >= 0.3 is 0 Å². The number of nitriles is 1. The lowest BCUT2D eigenvalue weighted by atomic mass is 10.1. The molecule has 9 heteroatoms. The van der Waals surface area contributed by atoms with Crippen molar-refractivity contribution in [3.63, 3.8) is 0 Å². The number of nitrogens with two attached hydrogens (primary N) is 1. The van der Waals surface area contributed by atoms with E-state index in [-0.39, 0.29) is 5.82 Å². The highest BCUT2D eigenvalue weighted by Gasteiger charge is 2.11. The van der Waals surface area contributed by atoms with Crippen molar-refractivity contribution in [2.75, 3.05) is 17.6 Å². The van der Waals surface area contributed by atoms with Gasteiger partial charge in [-0.2, -0.15) is 5.26 Å². The van der Waals surface area contributed by atoms with Crippen LogP contribution < -0.4 is 11.1 Å². The maximum Gasteiger partial charge on any atom is 0.209 e. The summed E-state index contributed by atoms with van der Waals surface area (Å²) >= 11 is 12.4. The van der Waals surface area contributed by atoms with Gasteiger partial charge in [-0.15, -0.1) is 0 Å². The first kappa shape index (κ1) is 20.0. The van der Waals surface area contributed by atoms with Crippen LogP contribution in [0.4, 0.5) is 11.8 Å². The minimum Gasteiger partial charge on any atom is -0.383 e. The highest BCUT2D eigenvalue weighted by atomic mass is 35.5. The number of benzene rings is 1. The van der Waals surface area contributed by atoms with E-state index >= 15 is 0 Å². The van der Waals surface area contributed by atoms with Gasteiger partial charge < -0.3 is 11.1 Å². The Kier molecular flexibility index (Phi) is 5.70. The minimum absolute atomic E-state index is 0.261. The number of pyridine rings is 1. The van der Waals surface area contributed by atoms with Crippen LogP contribution in [0.25, 0.3) is 16.9 Å². The van der Waals surface area contributed by atoms with Gasteiger partial charge in [-0.25, -0.2) is 15.0 Å². The lowest BCUT2D eigenvalue weighted by molar-refractivity contribution is 0.827. The van der Waals surface area contributed by atoms with Crippen molar-refractivity contribution < 1.29 is 0 Å². The van der Waals surface area contributed by atoms with Gasteiger partial charge in [0.1, 0.15) is 17.5 Å². The molecule has 0 atom stereocenters. The topological polar surface area (TPSA) is 105 Å². The summed E-state index contributed by atoms with van der Waals surface area (Å²) in [7, 11) is 0.